The summed E-state index contributed by atoms with van der Waals surface area (Å²) in [4.78, 5) is 4.27. The summed E-state index contributed by atoms with van der Waals surface area (Å²) in [7, 11) is 1.83. The lowest BCUT2D eigenvalue weighted by molar-refractivity contribution is 0.632. The van der Waals surface area contributed by atoms with Crippen LogP contribution in [0.25, 0.3) is 22.3 Å². The molecule has 18 heavy (non-hydrogen) atoms. The minimum Gasteiger partial charge on any atom is -0.399 e. The number of benzene rings is 1. The molecule has 1 aromatic carbocycles. The fraction of sp³-hybridized carbons (Fsp3) is 0.0714. The first-order valence-electron chi connectivity index (χ1n) is 5.62. The average Bonchev–Trinajstić information content (AvgIpc) is 2.68. The first-order chi connectivity index (χ1) is 8.66. The molecule has 3 rings (SSSR count). The van der Waals surface area contributed by atoms with Crippen molar-refractivity contribution in [2.24, 2.45) is 7.05 Å². The van der Waals surface area contributed by atoms with E-state index in [1.54, 1.807) is 29.0 Å². The van der Waals surface area contributed by atoms with E-state index in [2.05, 4.69) is 4.98 Å². The van der Waals surface area contributed by atoms with Crippen molar-refractivity contribution >= 4 is 16.6 Å². The molecule has 4 heteroatoms. The number of nitrogen functional groups attached to an aromatic ring is 1. The molecule has 0 unspecified atom stereocenters. The maximum atomic E-state index is 13.8. The van der Waals surface area contributed by atoms with Crippen molar-refractivity contribution in [3.63, 3.8) is 0 Å². The van der Waals surface area contributed by atoms with Gasteiger partial charge in [-0.05, 0) is 24.3 Å². The molecule has 0 aliphatic carbocycles. The van der Waals surface area contributed by atoms with Gasteiger partial charge in [0.1, 0.15) is 5.82 Å². The van der Waals surface area contributed by atoms with Gasteiger partial charge in [-0.25, -0.2) is 4.39 Å². The summed E-state index contributed by atoms with van der Waals surface area (Å²) in [5, 5.41) is 0.858. The number of anilines is 1. The first-order valence-corrected chi connectivity index (χ1v) is 5.62. The second-order valence-corrected chi connectivity index (χ2v) is 4.24. The third kappa shape index (κ3) is 1.54. The number of nitrogens with two attached hydrogens (primary N) is 1. The van der Waals surface area contributed by atoms with Crippen LogP contribution in [0.3, 0.4) is 0 Å². The maximum Gasteiger partial charge on any atom is 0.147 e. The number of aryl methyl sites for hydroxylation is 1. The number of fused-ring (bicyclic) bond motifs is 1. The lowest BCUT2D eigenvalue weighted by Gasteiger charge is -2.04. The Hall–Kier alpha value is -2.36. The van der Waals surface area contributed by atoms with Gasteiger partial charge in [-0.2, -0.15) is 0 Å². The third-order valence-corrected chi connectivity index (χ3v) is 3.05. The Morgan fingerprint density at radius 1 is 1.22 bits per heavy atom. The van der Waals surface area contributed by atoms with Gasteiger partial charge in [-0.1, -0.05) is 12.1 Å². The molecule has 0 atom stereocenters. The zero-order valence-corrected chi connectivity index (χ0v) is 9.89. The molecule has 0 amide bonds. The molecule has 0 bridgehead atoms. The summed E-state index contributed by atoms with van der Waals surface area (Å²) >= 11 is 0. The van der Waals surface area contributed by atoms with Crippen LogP contribution in [-0.2, 0) is 7.05 Å². The zero-order chi connectivity index (χ0) is 12.7. The average molecular weight is 241 g/mol. The van der Waals surface area contributed by atoms with Crippen LogP contribution in [0.4, 0.5) is 10.1 Å². The van der Waals surface area contributed by atoms with Gasteiger partial charge in [-0.3, -0.25) is 4.98 Å². The van der Waals surface area contributed by atoms with E-state index in [1.807, 2.05) is 19.2 Å². The van der Waals surface area contributed by atoms with E-state index < -0.39 is 0 Å². The molecule has 3 nitrogen and oxygen atoms in total. The van der Waals surface area contributed by atoms with Crippen molar-refractivity contribution < 1.29 is 4.39 Å². The summed E-state index contributed by atoms with van der Waals surface area (Å²) in [5.41, 5.74) is 8.56. The van der Waals surface area contributed by atoms with E-state index in [4.69, 9.17) is 5.73 Å². The number of rotatable bonds is 1. The van der Waals surface area contributed by atoms with Gasteiger partial charge in [0.05, 0.1) is 16.9 Å². The molecule has 0 saturated heterocycles. The van der Waals surface area contributed by atoms with Gasteiger partial charge in [0.25, 0.3) is 0 Å². The van der Waals surface area contributed by atoms with Crippen LogP contribution in [0.5, 0.6) is 0 Å². The highest BCUT2D eigenvalue weighted by atomic mass is 19.1. The first kappa shape index (κ1) is 10.8. The Kier molecular flexibility index (Phi) is 2.30. The van der Waals surface area contributed by atoms with E-state index in [0.717, 1.165) is 16.8 Å². The predicted octanol–water partition coefficient (Wildman–Crippen LogP) is 2.96. The molecular weight excluding hydrogens is 229 g/mol. The summed E-state index contributed by atoms with van der Waals surface area (Å²) in [6.07, 6.45) is 1.65. The van der Waals surface area contributed by atoms with E-state index in [9.17, 15) is 4.39 Å². The van der Waals surface area contributed by atoms with Crippen LogP contribution in [0.2, 0.25) is 0 Å². The number of pyridine rings is 1. The van der Waals surface area contributed by atoms with Crippen molar-refractivity contribution in [2.45, 2.75) is 0 Å². The smallest absolute Gasteiger partial charge is 0.147 e. The molecule has 0 fully saturated rings. The Labute approximate surface area is 104 Å². The Morgan fingerprint density at radius 3 is 2.78 bits per heavy atom. The predicted molar refractivity (Wildman–Crippen MR) is 70.5 cm³/mol. The summed E-state index contributed by atoms with van der Waals surface area (Å²) in [5.74, 6) is -0.231. The lowest BCUT2D eigenvalue weighted by atomic mass is 10.2. The summed E-state index contributed by atoms with van der Waals surface area (Å²) in [6.45, 7) is 0. The number of nitrogens with zero attached hydrogens (tertiary/aromatic N) is 2. The highest BCUT2D eigenvalue weighted by Gasteiger charge is 2.11. The molecule has 3 aromatic rings. The van der Waals surface area contributed by atoms with Crippen LogP contribution in [-0.4, -0.2) is 9.55 Å². The van der Waals surface area contributed by atoms with Gasteiger partial charge in [0, 0.05) is 24.3 Å². The minimum atomic E-state index is -0.231. The lowest BCUT2D eigenvalue weighted by Crippen LogP contribution is -1.95. The molecule has 90 valence electrons. The van der Waals surface area contributed by atoms with Crippen molar-refractivity contribution in [3.8, 4) is 11.4 Å². The quantitative estimate of drug-likeness (QED) is 0.711. The van der Waals surface area contributed by atoms with Crippen LogP contribution in [0.15, 0.2) is 42.6 Å². The Bertz CT molecular complexity index is 731. The largest absolute Gasteiger partial charge is 0.399 e. The van der Waals surface area contributed by atoms with Gasteiger partial charge in [-0.15, -0.1) is 0 Å². The normalized spacial score (nSPS) is 11.0. The summed E-state index contributed by atoms with van der Waals surface area (Å²) < 4.78 is 15.6. The van der Waals surface area contributed by atoms with E-state index in [-0.39, 0.29) is 5.82 Å². The monoisotopic (exact) mass is 241 g/mol. The topological polar surface area (TPSA) is 43.8 Å². The number of hydrogen-bond acceptors (Lipinski definition) is 2. The Morgan fingerprint density at radius 2 is 2.06 bits per heavy atom. The van der Waals surface area contributed by atoms with Gasteiger partial charge < -0.3 is 10.3 Å². The maximum absolute atomic E-state index is 13.8. The molecule has 2 heterocycles. The highest BCUT2D eigenvalue weighted by molar-refractivity contribution is 5.87. The highest BCUT2D eigenvalue weighted by Crippen LogP contribution is 2.28. The molecule has 0 aliphatic rings. The molecular formula is C14H12FN3. The molecule has 0 radical (unpaired) electrons. The molecule has 2 N–H and O–H groups in total. The molecule has 0 saturated carbocycles. The van der Waals surface area contributed by atoms with Gasteiger partial charge in [0.15, 0.2) is 0 Å². The molecule has 2 aromatic heterocycles. The van der Waals surface area contributed by atoms with Crippen molar-refractivity contribution in [3.05, 3.63) is 48.4 Å². The number of halogens is 1. The third-order valence-electron chi connectivity index (χ3n) is 3.05. The van der Waals surface area contributed by atoms with Crippen LogP contribution < -0.4 is 5.73 Å². The minimum absolute atomic E-state index is 0.231. The number of para-hydroxylation sites is 1. The fourth-order valence-corrected chi connectivity index (χ4v) is 2.20. The second-order valence-electron chi connectivity index (χ2n) is 4.24. The number of aromatic nitrogens is 2. The van der Waals surface area contributed by atoms with E-state index in [1.165, 1.54) is 6.07 Å². The SMILES string of the molecule is Cn1c(-c2cc(N)ccn2)cc2cccc(F)c21. The standard InChI is InChI=1S/C14H12FN3/c1-18-13(12-8-10(16)5-6-17-12)7-9-3-2-4-11(15)14(9)18/h2-8H,1H3,(H2,16,17). The zero-order valence-electron chi connectivity index (χ0n) is 9.89. The van der Waals surface area contributed by atoms with Crippen molar-refractivity contribution in [1.29, 1.82) is 0 Å². The molecule has 0 spiro atoms. The Balaban J connectivity index is 2.31. The summed E-state index contributed by atoms with van der Waals surface area (Å²) in [6, 6.07) is 10.5. The van der Waals surface area contributed by atoms with Crippen LogP contribution >= 0.6 is 0 Å². The van der Waals surface area contributed by atoms with E-state index in [0.29, 0.717) is 11.2 Å². The molecule has 0 aliphatic heterocycles. The van der Waals surface area contributed by atoms with Crippen molar-refractivity contribution in [2.75, 3.05) is 5.73 Å². The van der Waals surface area contributed by atoms with Crippen molar-refractivity contribution in [1.82, 2.24) is 9.55 Å². The second kappa shape index (κ2) is 3.84. The number of hydrogen-bond donors (Lipinski definition) is 1. The fourth-order valence-electron chi connectivity index (χ4n) is 2.20. The van der Waals surface area contributed by atoms with E-state index >= 15 is 0 Å². The van der Waals surface area contributed by atoms with Crippen LogP contribution in [0, 0.1) is 5.82 Å². The van der Waals surface area contributed by atoms with Gasteiger partial charge >= 0.3 is 0 Å². The van der Waals surface area contributed by atoms with Crippen LogP contribution in [0.1, 0.15) is 0 Å². The van der Waals surface area contributed by atoms with Gasteiger partial charge in [0.2, 0.25) is 0 Å².